The molecule has 6 heteroatoms. The van der Waals surface area contributed by atoms with E-state index in [4.69, 9.17) is 5.73 Å². The van der Waals surface area contributed by atoms with E-state index in [0.717, 1.165) is 18.1 Å². The zero-order valence-corrected chi connectivity index (χ0v) is 12.6. The predicted molar refractivity (Wildman–Crippen MR) is 80.8 cm³/mol. The summed E-state index contributed by atoms with van der Waals surface area (Å²) in [5.41, 5.74) is 6.47. The van der Waals surface area contributed by atoms with Gasteiger partial charge in [-0.1, -0.05) is 0 Å². The molecule has 1 aromatic rings. The van der Waals surface area contributed by atoms with Gasteiger partial charge in [0, 0.05) is 27.2 Å². The molecule has 1 atom stereocenters. The van der Waals surface area contributed by atoms with Gasteiger partial charge in [0.15, 0.2) is 0 Å². The second-order valence-electron chi connectivity index (χ2n) is 5.39. The molecule has 3 N–H and O–H groups in total. The largest absolute Gasteiger partial charge is 0.397 e. The summed E-state index contributed by atoms with van der Waals surface area (Å²) in [5.74, 6) is 0.650. The standard InChI is InChI=1S/C13H22N4OS/c1-16(2)13(18)12-10(14)6-11(19-12)15-7-9-4-5-17(3)8-9/h6,9,15H,4-5,7-8,14H2,1-3H3. The van der Waals surface area contributed by atoms with Crippen LogP contribution in [0.15, 0.2) is 6.07 Å². The van der Waals surface area contributed by atoms with Crippen LogP contribution in [-0.4, -0.2) is 56.5 Å². The van der Waals surface area contributed by atoms with Gasteiger partial charge >= 0.3 is 0 Å². The molecule has 0 aliphatic carbocycles. The van der Waals surface area contributed by atoms with Crippen LogP contribution in [0.1, 0.15) is 16.1 Å². The second-order valence-corrected chi connectivity index (χ2v) is 6.44. The predicted octanol–water partition coefficient (Wildman–Crippen LogP) is 1.40. The summed E-state index contributed by atoms with van der Waals surface area (Å²) >= 11 is 1.44. The number of nitrogens with zero attached hydrogens (tertiary/aromatic N) is 2. The van der Waals surface area contributed by atoms with Gasteiger partial charge in [-0.2, -0.15) is 0 Å². The minimum Gasteiger partial charge on any atom is -0.397 e. The third kappa shape index (κ3) is 3.39. The zero-order valence-electron chi connectivity index (χ0n) is 11.8. The van der Waals surface area contributed by atoms with Crippen LogP contribution in [0.4, 0.5) is 10.7 Å². The van der Waals surface area contributed by atoms with Crippen molar-refractivity contribution in [2.45, 2.75) is 6.42 Å². The number of carbonyl (C=O) groups excluding carboxylic acids is 1. The number of hydrogen-bond donors (Lipinski definition) is 2. The van der Waals surface area contributed by atoms with Crippen molar-refractivity contribution in [3.05, 3.63) is 10.9 Å². The average molecular weight is 282 g/mol. The van der Waals surface area contributed by atoms with Crippen molar-refractivity contribution in [2.75, 3.05) is 51.8 Å². The minimum atomic E-state index is -0.0313. The molecule has 106 valence electrons. The molecule has 19 heavy (non-hydrogen) atoms. The quantitative estimate of drug-likeness (QED) is 0.876. The summed E-state index contributed by atoms with van der Waals surface area (Å²) in [6.45, 7) is 3.25. The Kier molecular flexibility index (Phi) is 4.31. The first kappa shape index (κ1) is 14.1. The first-order valence-electron chi connectivity index (χ1n) is 6.50. The maximum atomic E-state index is 11.9. The Labute approximate surface area is 118 Å². The average Bonchev–Trinajstić information content (AvgIpc) is 2.92. The topological polar surface area (TPSA) is 61.6 Å². The monoisotopic (exact) mass is 282 g/mol. The van der Waals surface area contributed by atoms with Gasteiger partial charge in [-0.05, 0) is 32.0 Å². The third-order valence-electron chi connectivity index (χ3n) is 3.42. The molecule has 1 saturated heterocycles. The van der Waals surface area contributed by atoms with Crippen LogP contribution in [0, 0.1) is 5.92 Å². The van der Waals surface area contributed by atoms with Crippen molar-refractivity contribution in [3.8, 4) is 0 Å². The molecule has 1 unspecified atom stereocenters. The van der Waals surface area contributed by atoms with Crippen molar-refractivity contribution in [3.63, 3.8) is 0 Å². The van der Waals surface area contributed by atoms with E-state index in [2.05, 4.69) is 17.3 Å². The lowest BCUT2D eigenvalue weighted by Gasteiger charge is -2.11. The van der Waals surface area contributed by atoms with Gasteiger partial charge < -0.3 is 20.9 Å². The lowest BCUT2D eigenvalue weighted by molar-refractivity contribution is 0.0833. The number of nitrogen functional groups attached to an aromatic ring is 1. The maximum Gasteiger partial charge on any atom is 0.265 e. The van der Waals surface area contributed by atoms with E-state index in [9.17, 15) is 4.79 Å². The van der Waals surface area contributed by atoms with Crippen molar-refractivity contribution >= 4 is 27.9 Å². The molecular weight excluding hydrogens is 260 g/mol. The van der Waals surface area contributed by atoms with Crippen LogP contribution >= 0.6 is 11.3 Å². The summed E-state index contributed by atoms with van der Waals surface area (Å²) in [6.07, 6.45) is 1.23. The van der Waals surface area contributed by atoms with E-state index in [1.54, 1.807) is 19.0 Å². The first-order chi connectivity index (χ1) is 8.97. The number of likely N-dealkylation sites (tertiary alicyclic amines) is 1. The number of nitrogens with two attached hydrogens (primary N) is 1. The van der Waals surface area contributed by atoms with Crippen LogP contribution in [0.25, 0.3) is 0 Å². The third-order valence-corrected chi connectivity index (χ3v) is 4.51. The van der Waals surface area contributed by atoms with E-state index < -0.39 is 0 Å². The Hall–Kier alpha value is -1.27. The highest BCUT2D eigenvalue weighted by Gasteiger charge is 2.20. The Bertz CT molecular complexity index is 457. The number of amides is 1. The normalized spacial score (nSPS) is 19.6. The van der Waals surface area contributed by atoms with Crippen LogP contribution in [0.5, 0.6) is 0 Å². The number of rotatable bonds is 4. The fourth-order valence-electron chi connectivity index (χ4n) is 2.30. The van der Waals surface area contributed by atoms with E-state index in [1.165, 1.54) is 24.3 Å². The number of carbonyl (C=O) groups is 1. The first-order valence-corrected chi connectivity index (χ1v) is 7.32. The van der Waals surface area contributed by atoms with Crippen molar-refractivity contribution in [2.24, 2.45) is 5.92 Å². The molecule has 1 aromatic heterocycles. The lowest BCUT2D eigenvalue weighted by Crippen LogP contribution is -2.21. The highest BCUT2D eigenvalue weighted by molar-refractivity contribution is 7.18. The fourth-order valence-corrected chi connectivity index (χ4v) is 3.31. The van der Waals surface area contributed by atoms with Gasteiger partial charge in [0.25, 0.3) is 5.91 Å². The van der Waals surface area contributed by atoms with Gasteiger partial charge in [-0.25, -0.2) is 0 Å². The van der Waals surface area contributed by atoms with E-state index in [1.807, 2.05) is 6.07 Å². The zero-order chi connectivity index (χ0) is 14.0. The molecule has 1 amide bonds. The second kappa shape index (κ2) is 5.79. The highest BCUT2D eigenvalue weighted by Crippen LogP contribution is 2.30. The molecule has 0 bridgehead atoms. The molecule has 0 radical (unpaired) electrons. The number of thiophene rings is 1. The van der Waals surface area contributed by atoms with Gasteiger partial charge in [0.1, 0.15) is 4.88 Å². The summed E-state index contributed by atoms with van der Waals surface area (Å²) in [4.78, 5) is 16.4. The Morgan fingerprint density at radius 1 is 1.63 bits per heavy atom. The van der Waals surface area contributed by atoms with E-state index in [-0.39, 0.29) is 5.91 Å². The van der Waals surface area contributed by atoms with Gasteiger partial charge in [-0.15, -0.1) is 11.3 Å². The summed E-state index contributed by atoms with van der Waals surface area (Å²) < 4.78 is 0. The van der Waals surface area contributed by atoms with E-state index in [0.29, 0.717) is 16.5 Å². The Balaban J connectivity index is 1.95. The molecule has 1 aliphatic heterocycles. The molecule has 1 aliphatic rings. The Morgan fingerprint density at radius 2 is 2.37 bits per heavy atom. The number of hydrogen-bond acceptors (Lipinski definition) is 5. The van der Waals surface area contributed by atoms with Crippen LogP contribution < -0.4 is 11.1 Å². The van der Waals surface area contributed by atoms with E-state index >= 15 is 0 Å². The summed E-state index contributed by atoms with van der Waals surface area (Å²) in [7, 11) is 5.63. The molecular formula is C13H22N4OS. The molecule has 0 spiro atoms. The molecule has 5 nitrogen and oxygen atoms in total. The van der Waals surface area contributed by atoms with Crippen molar-refractivity contribution in [1.82, 2.24) is 9.80 Å². The van der Waals surface area contributed by atoms with Crippen LogP contribution in [0.3, 0.4) is 0 Å². The molecule has 2 heterocycles. The SMILES string of the molecule is CN1CCC(CNc2cc(N)c(C(=O)N(C)C)s2)C1. The number of anilines is 2. The van der Waals surface area contributed by atoms with Gasteiger partial charge in [-0.3, -0.25) is 4.79 Å². The van der Waals surface area contributed by atoms with Crippen LogP contribution in [-0.2, 0) is 0 Å². The molecule has 2 rings (SSSR count). The fraction of sp³-hybridized carbons (Fsp3) is 0.615. The maximum absolute atomic E-state index is 11.9. The minimum absolute atomic E-state index is 0.0313. The smallest absolute Gasteiger partial charge is 0.265 e. The van der Waals surface area contributed by atoms with Gasteiger partial charge in [0.05, 0.1) is 10.7 Å². The molecule has 0 saturated carbocycles. The van der Waals surface area contributed by atoms with Crippen LogP contribution in [0.2, 0.25) is 0 Å². The lowest BCUT2D eigenvalue weighted by atomic mass is 10.1. The molecule has 0 aromatic carbocycles. The van der Waals surface area contributed by atoms with Gasteiger partial charge in [0.2, 0.25) is 0 Å². The summed E-state index contributed by atoms with van der Waals surface area (Å²) in [6, 6.07) is 1.86. The Morgan fingerprint density at radius 3 is 2.95 bits per heavy atom. The number of nitrogens with one attached hydrogen (secondary N) is 1. The van der Waals surface area contributed by atoms with Crippen molar-refractivity contribution < 1.29 is 4.79 Å². The molecule has 1 fully saturated rings. The highest BCUT2D eigenvalue weighted by atomic mass is 32.1. The van der Waals surface area contributed by atoms with Crippen molar-refractivity contribution in [1.29, 1.82) is 0 Å². The summed E-state index contributed by atoms with van der Waals surface area (Å²) in [5, 5.41) is 4.39.